The molecule has 106 valence electrons. The summed E-state index contributed by atoms with van der Waals surface area (Å²) in [7, 11) is 0. The van der Waals surface area contributed by atoms with Gasteiger partial charge in [0.2, 0.25) is 0 Å². The Bertz CT molecular complexity index is 259. The molecule has 2 rings (SSSR count). The molecule has 0 aromatic rings. The van der Waals surface area contributed by atoms with Crippen LogP contribution in [0.25, 0.3) is 0 Å². The number of halogens is 3. The van der Waals surface area contributed by atoms with E-state index in [2.05, 4.69) is 4.90 Å². The van der Waals surface area contributed by atoms with Crippen molar-refractivity contribution in [2.24, 2.45) is 17.6 Å². The van der Waals surface area contributed by atoms with E-state index in [-0.39, 0.29) is 18.9 Å². The van der Waals surface area contributed by atoms with E-state index >= 15 is 0 Å². The number of hydrogen-bond donors (Lipinski definition) is 1. The molecule has 0 spiro atoms. The SMILES string of the molecule is NC(CN1CCC(C(F)(F)F)CC1)C1CCOC1. The van der Waals surface area contributed by atoms with E-state index in [1.54, 1.807) is 0 Å². The molecule has 6 heteroatoms. The minimum atomic E-state index is -4.03. The number of nitrogens with two attached hydrogens (primary N) is 1. The van der Waals surface area contributed by atoms with Crippen molar-refractivity contribution in [2.75, 3.05) is 32.8 Å². The fourth-order valence-electron chi connectivity index (χ4n) is 2.78. The lowest BCUT2D eigenvalue weighted by molar-refractivity contribution is -0.185. The summed E-state index contributed by atoms with van der Waals surface area (Å²) in [5.41, 5.74) is 6.09. The largest absolute Gasteiger partial charge is 0.391 e. The number of ether oxygens (including phenoxy) is 1. The second kappa shape index (κ2) is 5.75. The van der Waals surface area contributed by atoms with Crippen molar-refractivity contribution in [2.45, 2.75) is 31.5 Å². The highest BCUT2D eigenvalue weighted by molar-refractivity contribution is 4.83. The van der Waals surface area contributed by atoms with Crippen LogP contribution in [0.2, 0.25) is 0 Å². The lowest BCUT2D eigenvalue weighted by atomic mass is 9.94. The highest BCUT2D eigenvalue weighted by atomic mass is 19.4. The first-order valence-electron chi connectivity index (χ1n) is 6.59. The number of alkyl halides is 3. The van der Waals surface area contributed by atoms with E-state index in [1.807, 2.05) is 0 Å². The molecule has 0 amide bonds. The Morgan fingerprint density at radius 2 is 1.89 bits per heavy atom. The lowest BCUT2D eigenvalue weighted by Gasteiger charge is -2.35. The third-order valence-electron chi connectivity index (χ3n) is 4.09. The average Bonchev–Trinajstić information content (AvgIpc) is 2.82. The maximum atomic E-state index is 12.5. The van der Waals surface area contributed by atoms with Gasteiger partial charge in [-0.3, -0.25) is 0 Å². The van der Waals surface area contributed by atoms with Gasteiger partial charge in [-0.25, -0.2) is 0 Å². The van der Waals surface area contributed by atoms with Gasteiger partial charge in [0.05, 0.1) is 12.5 Å². The van der Waals surface area contributed by atoms with Crippen LogP contribution >= 0.6 is 0 Å². The summed E-state index contributed by atoms with van der Waals surface area (Å²) >= 11 is 0. The summed E-state index contributed by atoms with van der Waals surface area (Å²) in [5, 5.41) is 0. The Morgan fingerprint density at radius 1 is 1.22 bits per heavy atom. The molecule has 0 aromatic heterocycles. The maximum absolute atomic E-state index is 12.5. The predicted molar refractivity (Wildman–Crippen MR) is 62.1 cm³/mol. The first-order chi connectivity index (χ1) is 8.47. The fraction of sp³-hybridized carbons (Fsp3) is 1.00. The summed E-state index contributed by atoms with van der Waals surface area (Å²) in [5.74, 6) is -0.759. The molecule has 0 aromatic carbocycles. The van der Waals surface area contributed by atoms with Crippen LogP contribution in [0.3, 0.4) is 0 Å². The molecule has 2 aliphatic heterocycles. The Balaban J connectivity index is 1.73. The summed E-state index contributed by atoms with van der Waals surface area (Å²) in [4.78, 5) is 2.06. The van der Waals surface area contributed by atoms with Gasteiger partial charge < -0.3 is 15.4 Å². The van der Waals surface area contributed by atoms with Crippen LogP contribution in [0.4, 0.5) is 13.2 Å². The van der Waals surface area contributed by atoms with Gasteiger partial charge in [0.15, 0.2) is 0 Å². The topological polar surface area (TPSA) is 38.5 Å². The molecule has 0 radical (unpaired) electrons. The zero-order valence-corrected chi connectivity index (χ0v) is 10.5. The first-order valence-corrected chi connectivity index (χ1v) is 6.59. The minimum Gasteiger partial charge on any atom is -0.381 e. The van der Waals surface area contributed by atoms with Crippen LogP contribution in [0, 0.1) is 11.8 Å². The van der Waals surface area contributed by atoms with Crippen LogP contribution in [0.5, 0.6) is 0 Å². The summed E-state index contributed by atoms with van der Waals surface area (Å²) < 4.78 is 42.8. The highest BCUT2D eigenvalue weighted by Crippen LogP contribution is 2.34. The number of likely N-dealkylation sites (tertiary alicyclic amines) is 1. The van der Waals surface area contributed by atoms with E-state index in [4.69, 9.17) is 10.5 Å². The van der Waals surface area contributed by atoms with Crippen LogP contribution in [0.1, 0.15) is 19.3 Å². The smallest absolute Gasteiger partial charge is 0.381 e. The highest BCUT2D eigenvalue weighted by Gasteiger charge is 2.41. The van der Waals surface area contributed by atoms with Crippen molar-refractivity contribution < 1.29 is 17.9 Å². The molecule has 2 N–H and O–H groups in total. The zero-order chi connectivity index (χ0) is 13.2. The Labute approximate surface area is 105 Å². The molecule has 2 aliphatic rings. The third kappa shape index (κ3) is 3.59. The van der Waals surface area contributed by atoms with Crippen LogP contribution < -0.4 is 5.73 Å². The van der Waals surface area contributed by atoms with Crippen molar-refractivity contribution >= 4 is 0 Å². The summed E-state index contributed by atoms with van der Waals surface area (Å²) in [6.07, 6.45) is -2.65. The molecule has 2 fully saturated rings. The normalized spacial score (nSPS) is 29.7. The summed E-state index contributed by atoms with van der Waals surface area (Å²) in [6.45, 7) is 3.16. The van der Waals surface area contributed by atoms with Crippen molar-refractivity contribution in [3.63, 3.8) is 0 Å². The number of piperidine rings is 1. The van der Waals surface area contributed by atoms with Gasteiger partial charge in [-0.1, -0.05) is 0 Å². The molecule has 0 aliphatic carbocycles. The molecule has 18 heavy (non-hydrogen) atoms. The minimum absolute atomic E-state index is 0.0231. The van der Waals surface area contributed by atoms with Crippen molar-refractivity contribution in [3.8, 4) is 0 Å². The van der Waals surface area contributed by atoms with Crippen LogP contribution in [-0.2, 0) is 4.74 Å². The molecular weight excluding hydrogens is 245 g/mol. The average molecular weight is 266 g/mol. The Kier molecular flexibility index (Phi) is 4.50. The Morgan fingerprint density at radius 3 is 2.39 bits per heavy atom. The van der Waals surface area contributed by atoms with Gasteiger partial charge in [0.1, 0.15) is 0 Å². The summed E-state index contributed by atoms with van der Waals surface area (Å²) in [6, 6.07) is 0.0231. The number of hydrogen-bond acceptors (Lipinski definition) is 3. The molecule has 3 nitrogen and oxygen atoms in total. The number of rotatable bonds is 3. The van der Waals surface area contributed by atoms with Crippen molar-refractivity contribution in [3.05, 3.63) is 0 Å². The second-order valence-electron chi connectivity index (χ2n) is 5.40. The van der Waals surface area contributed by atoms with Crippen molar-refractivity contribution in [1.82, 2.24) is 4.90 Å². The zero-order valence-electron chi connectivity index (χ0n) is 10.5. The van der Waals surface area contributed by atoms with Gasteiger partial charge in [0.25, 0.3) is 0 Å². The molecule has 2 unspecified atom stereocenters. The predicted octanol–water partition coefficient (Wildman–Crippen LogP) is 1.62. The van der Waals surface area contributed by atoms with E-state index in [0.29, 0.717) is 32.2 Å². The molecular formula is C12H21F3N2O. The third-order valence-corrected chi connectivity index (χ3v) is 4.09. The second-order valence-corrected chi connectivity index (χ2v) is 5.40. The van der Waals surface area contributed by atoms with Crippen LogP contribution in [0.15, 0.2) is 0 Å². The van der Waals surface area contributed by atoms with E-state index in [0.717, 1.165) is 13.0 Å². The number of nitrogens with zero attached hydrogens (tertiary/aromatic N) is 1. The molecule has 0 bridgehead atoms. The molecule has 2 heterocycles. The van der Waals surface area contributed by atoms with Gasteiger partial charge in [0, 0.05) is 25.1 Å². The van der Waals surface area contributed by atoms with Gasteiger partial charge in [-0.2, -0.15) is 13.2 Å². The van der Waals surface area contributed by atoms with Gasteiger partial charge in [-0.05, 0) is 32.4 Å². The standard InChI is InChI=1S/C12H21F3N2O/c13-12(14,15)10-1-4-17(5-2-10)7-11(16)9-3-6-18-8-9/h9-11H,1-8,16H2. The van der Waals surface area contributed by atoms with Gasteiger partial charge >= 0.3 is 6.18 Å². The van der Waals surface area contributed by atoms with Gasteiger partial charge in [-0.15, -0.1) is 0 Å². The Hall–Kier alpha value is -0.330. The molecule has 2 saturated heterocycles. The lowest BCUT2D eigenvalue weighted by Crippen LogP contribution is -2.47. The first kappa shape index (κ1) is 14.1. The van der Waals surface area contributed by atoms with E-state index in [9.17, 15) is 13.2 Å². The van der Waals surface area contributed by atoms with Crippen LogP contribution in [-0.4, -0.2) is 50.0 Å². The quantitative estimate of drug-likeness (QED) is 0.843. The monoisotopic (exact) mass is 266 g/mol. The molecule has 0 saturated carbocycles. The van der Waals surface area contributed by atoms with E-state index < -0.39 is 12.1 Å². The molecule has 2 atom stereocenters. The fourth-order valence-corrected chi connectivity index (χ4v) is 2.78. The van der Waals surface area contributed by atoms with Crippen molar-refractivity contribution in [1.29, 1.82) is 0 Å². The van der Waals surface area contributed by atoms with E-state index in [1.165, 1.54) is 0 Å². The maximum Gasteiger partial charge on any atom is 0.391 e.